The molecule has 4 nitrogen and oxygen atoms in total. The fourth-order valence-electron chi connectivity index (χ4n) is 3.42. The summed E-state index contributed by atoms with van der Waals surface area (Å²) >= 11 is 0. The summed E-state index contributed by atoms with van der Waals surface area (Å²) in [5.74, 6) is -0.710. The fourth-order valence-corrected chi connectivity index (χ4v) is 3.42. The number of carboxylic acids is 1. The van der Waals surface area contributed by atoms with Crippen LogP contribution in [0, 0.1) is 0 Å². The van der Waals surface area contributed by atoms with Gasteiger partial charge < -0.3 is 15.3 Å². The minimum Gasteiger partial charge on any atom is -0.481 e. The topological polar surface area (TPSA) is 77.8 Å². The van der Waals surface area contributed by atoms with Crippen molar-refractivity contribution in [2.24, 2.45) is 0 Å². The number of aliphatic hydroxyl groups is 2. The van der Waals surface area contributed by atoms with Crippen molar-refractivity contribution in [3.05, 3.63) is 12.2 Å². The standard InChI is InChI=1S/C24H46O4/c1-2-3-4-5-6-7-8-11-14-17-22(25)20-21-23(26)18-15-12-9-10-13-16-19-24(27)28/h11,14,22-23,25-26H,2-10,12-13,15-21H2,1H3,(H,27,28). The van der Waals surface area contributed by atoms with Crippen molar-refractivity contribution in [1.82, 2.24) is 0 Å². The van der Waals surface area contributed by atoms with E-state index in [2.05, 4.69) is 19.1 Å². The molecule has 0 heterocycles. The van der Waals surface area contributed by atoms with Crippen LogP contribution in [0.4, 0.5) is 0 Å². The van der Waals surface area contributed by atoms with Crippen LogP contribution in [0.15, 0.2) is 12.2 Å². The van der Waals surface area contributed by atoms with E-state index in [1.165, 1.54) is 38.5 Å². The van der Waals surface area contributed by atoms with Gasteiger partial charge in [0.25, 0.3) is 0 Å². The average Bonchev–Trinajstić information content (AvgIpc) is 2.66. The van der Waals surface area contributed by atoms with E-state index >= 15 is 0 Å². The molecule has 0 aliphatic heterocycles. The zero-order valence-corrected chi connectivity index (χ0v) is 18.3. The summed E-state index contributed by atoms with van der Waals surface area (Å²) in [6.45, 7) is 2.24. The summed E-state index contributed by atoms with van der Waals surface area (Å²) in [5.41, 5.74) is 0. The molecule has 166 valence electrons. The van der Waals surface area contributed by atoms with E-state index in [0.717, 1.165) is 51.4 Å². The highest BCUT2D eigenvalue weighted by Gasteiger charge is 2.08. The first-order valence-corrected chi connectivity index (χ1v) is 11.8. The number of carbonyl (C=O) groups is 1. The molecular formula is C24H46O4. The van der Waals surface area contributed by atoms with Gasteiger partial charge in [-0.15, -0.1) is 0 Å². The van der Waals surface area contributed by atoms with Crippen molar-refractivity contribution in [3.63, 3.8) is 0 Å². The maximum Gasteiger partial charge on any atom is 0.303 e. The van der Waals surface area contributed by atoms with Gasteiger partial charge in [-0.1, -0.05) is 83.3 Å². The van der Waals surface area contributed by atoms with Crippen LogP contribution in [-0.4, -0.2) is 33.5 Å². The number of aliphatic carboxylic acids is 1. The smallest absolute Gasteiger partial charge is 0.303 e. The Morgan fingerprint density at radius 2 is 1.29 bits per heavy atom. The highest BCUT2D eigenvalue weighted by atomic mass is 16.4. The van der Waals surface area contributed by atoms with Crippen molar-refractivity contribution in [2.75, 3.05) is 0 Å². The Labute approximate surface area is 173 Å². The summed E-state index contributed by atoms with van der Waals surface area (Å²) in [6.07, 6.45) is 21.8. The van der Waals surface area contributed by atoms with Gasteiger partial charge >= 0.3 is 5.97 Å². The summed E-state index contributed by atoms with van der Waals surface area (Å²) < 4.78 is 0. The van der Waals surface area contributed by atoms with Crippen LogP contribution in [0.25, 0.3) is 0 Å². The minimum absolute atomic E-state index is 0.273. The Morgan fingerprint density at radius 1 is 0.714 bits per heavy atom. The molecule has 0 fully saturated rings. The van der Waals surface area contributed by atoms with Crippen LogP contribution in [-0.2, 0) is 4.79 Å². The Morgan fingerprint density at radius 3 is 1.96 bits per heavy atom. The molecule has 0 aliphatic rings. The van der Waals surface area contributed by atoms with Gasteiger partial charge in [-0.3, -0.25) is 4.79 Å². The summed E-state index contributed by atoms with van der Waals surface area (Å²) in [7, 11) is 0. The third-order valence-electron chi connectivity index (χ3n) is 5.31. The fraction of sp³-hybridized carbons (Fsp3) is 0.875. The first-order chi connectivity index (χ1) is 13.6. The van der Waals surface area contributed by atoms with Crippen molar-refractivity contribution in [3.8, 4) is 0 Å². The van der Waals surface area contributed by atoms with E-state index in [0.29, 0.717) is 19.3 Å². The maximum atomic E-state index is 10.4. The molecule has 0 rings (SSSR count). The van der Waals surface area contributed by atoms with Crippen molar-refractivity contribution in [1.29, 1.82) is 0 Å². The average molecular weight is 399 g/mol. The van der Waals surface area contributed by atoms with Gasteiger partial charge in [0.2, 0.25) is 0 Å². The molecule has 28 heavy (non-hydrogen) atoms. The number of rotatable bonds is 21. The number of aliphatic hydroxyl groups excluding tert-OH is 2. The molecule has 0 radical (unpaired) electrons. The van der Waals surface area contributed by atoms with E-state index in [4.69, 9.17) is 5.11 Å². The lowest BCUT2D eigenvalue weighted by atomic mass is 10.0. The first-order valence-electron chi connectivity index (χ1n) is 11.8. The zero-order valence-electron chi connectivity index (χ0n) is 18.3. The predicted molar refractivity (Wildman–Crippen MR) is 118 cm³/mol. The molecule has 4 heteroatoms. The summed E-state index contributed by atoms with van der Waals surface area (Å²) in [5, 5.41) is 28.6. The summed E-state index contributed by atoms with van der Waals surface area (Å²) in [6, 6.07) is 0. The highest BCUT2D eigenvalue weighted by molar-refractivity contribution is 5.66. The molecular weight excluding hydrogens is 352 g/mol. The van der Waals surface area contributed by atoms with Crippen LogP contribution in [0.1, 0.15) is 122 Å². The van der Waals surface area contributed by atoms with Crippen LogP contribution >= 0.6 is 0 Å². The Kier molecular flexibility index (Phi) is 20.2. The molecule has 2 atom stereocenters. The molecule has 3 N–H and O–H groups in total. The van der Waals surface area contributed by atoms with E-state index in [1.807, 2.05) is 0 Å². The quantitative estimate of drug-likeness (QED) is 0.155. The van der Waals surface area contributed by atoms with Crippen molar-refractivity contribution >= 4 is 5.97 Å². The van der Waals surface area contributed by atoms with Crippen LogP contribution < -0.4 is 0 Å². The second-order valence-electron chi connectivity index (χ2n) is 8.20. The van der Waals surface area contributed by atoms with E-state index in [1.54, 1.807) is 0 Å². The second-order valence-corrected chi connectivity index (χ2v) is 8.20. The normalized spacial score (nSPS) is 13.8. The van der Waals surface area contributed by atoms with E-state index in [9.17, 15) is 15.0 Å². The number of hydrogen-bond acceptors (Lipinski definition) is 3. The number of carboxylic acid groups (broad SMARTS) is 1. The maximum absolute atomic E-state index is 10.4. The van der Waals surface area contributed by atoms with E-state index < -0.39 is 5.97 Å². The van der Waals surface area contributed by atoms with Gasteiger partial charge in [0, 0.05) is 6.42 Å². The van der Waals surface area contributed by atoms with Crippen molar-refractivity contribution < 1.29 is 20.1 Å². The highest BCUT2D eigenvalue weighted by Crippen LogP contribution is 2.14. The summed E-state index contributed by atoms with van der Waals surface area (Å²) in [4.78, 5) is 10.4. The Balaban J connectivity index is 3.42. The number of unbranched alkanes of at least 4 members (excludes halogenated alkanes) is 11. The Hall–Kier alpha value is -0.870. The number of allylic oxidation sites excluding steroid dienone is 1. The van der Waals surface area contributed by atoms with Crippen LogP contribution in [0.5, 0.6) is 0 Å². The third-order valence-corrected chi connectivity index (χ3v) is 5.31. The lowest BCUT2D eigenvalue weighted by Crippen LogP contribution is -2.12. The van der Waals surface area contributed by atoms with Crippen LogP contribution in [0.2, 0.25) is 0 Å². The monoisotopic (exact) mass is 398 g/mol. The van der Waals surface area contributed by atoms with E-state index in [-0.39, 0.29) is 18.6 Å². The Bertz CT molecular complexity index is 368. The molecule has 0 aliphatic carbocycles. The van der Waals surface area contributed by atoms with Gasteiger partial charge in [-0.05, 0) is 44.9 Å². The zero-order chi connectivity index (χ0) is 20.9. The first kappa shape index (κ1) is 27.1. The third kappa shape index (κ3) is 21.4. The van der Waals surface area contributed by atoms with Gasteiger partial charge in [0.15, 0.2) is 0 Å². The van der Waals surface area contributed by atoms with Gasteiger partial charge in [-0.2, -0.15) is 0 Å². The van der Waals surface area contributed by atoms with Gasteiger partial charge in [-0.25, -0.2) is 0 Å². The largest absolute Gasteiger partial charge is 0.481 e. The van der Waals surface area contributed by atoms with Gasteiger partial charge in [0.05, 0.1) is 12.2 Å². The minimum atomic E-state index is -0.710. The molecule has 0 saturated carbocycles. The number of hydrogen-bond donors (Lipinski definition) is 3. The predicted octanol–water partition coefficient (Wildman–Crippen LogP) is 6.39. The molecule has 0 aromatic heterocycles. The SMILES string of the molecule is CCCCCCCCC=CCC(O)CCC(O)CCCCCCCCC(=O)O. The molecule has 2 unspecified atom stereocenters. The lowest BCUT2D eigenvalue weighted by molar-refractivity contribution is -0.137. The van der Waals surface area contributed by atoms with Gasteiger partial charge in [0.1, 0.15) is 0 Å². The molecule has 0 saturated heterocycles. The van der Waals surface area contributed by atoms with Crippen molar-refractivity contribution in [2.45, 2.75) is 135 Å². The molecule has 0 aromatic carbocycles. The second kappa shape index (κ2) is 20.9. The van der Waals surface area contributed by atoms with Crippen LogP contribution in [0.3, 0.4) is 0 Å². The molecule has 0 bridgehead atoms. The molecule has 0 amide bonds. The molecule has 0 spiro atoms. The molecule has 0 aromatic rings. The lowest BCUT2D eigenvalue weighted by Gasteiger charge is -2.13.